The second kappa shape index (κ2) is 8.42. The van der Waals surface area contributed by atoms with Crippen molar-refractivity contribution < 1.29 is 14.7 Å². The van der Waals surface area contributed by atoms with E-state index in [1.54, 1.807) is 6.92 Å². The molecule has 5 nitrogen and oxygen atoms in total. The fraction of sp³-hybridized carbons (Fsp3) is 0.500. The van der Waals surface area contributed by atoms with Crippen LogP contribution in [0.2, 0.25) is 0 Å². The molecular weight excluding hydrogens is 268 g/mol. The van der Waals surface area contributed by atoms with E-state index >= 15 is 0 Å². The first-order valence-corrected chi connectivity index (χ1v) is 7.30. The number of likely N-dealkylation sites (tertiary alicyclic amines) is 1. The Kier molecular flexibility index (Phi) is 6.88. The van der Waals surface area contributed by atoms with Gasteiger partial charge in [0.2, 0.25) is 5.91 Å². The second-order valence-electron chi connectivity index (χ2n) is 5.15. The lowest BCUT2D eigenvalue weighted by Crippen LogP contribution is -2.41. The van der Waals surface area contributed by atoms with E-state index in [0.29, 0.717) is 19.4 Å². The number of carboxylic acid groups (broad SMARTS) is 1. The number of hydrogen-bond donors (Lipinski definition) is 2. The van der Waals surface area contributed by atoms with Crippen LogP contribution in [0.5, 0.6) is 0 Å². The van der Waals surface area contributed by atoms with Crippen LogP contribution in [-0.2, 0) is 9.59 Å². The van der Waals surface area contributed by atoms with E-state index in [9.17, 15) is 9.59 Å². The van der Waals surface area contributed by atoms with Gasteiger partial charge < -0.3 is 15.7 Å². The number of carboxylic acids is 1. The van der Waals surface area contributed by atoms with Crippen LogP contribution in [0.4, 0.5) is 0 Å². The summed E-state index contributed by atoms with van der Waals surface area (Å²) in [6, 6.07) is 9.60. The lowest BCUT2D eigenvalue weighted by Gasteiger charge is -2.22. The first-order chi connectivity index (χ1) is 9.97. The summed E-state index contributed by atoms with van der Waals surface area (Å²) in [6.45, 7) is 4.36. The Hall–Kier alpha value is -1.88. The molecule has 3 N–H and O–H groups in total. The first kappa shape index (κ1) is 17.2. The van der Waals surface area contributed by atoms with Crippen LogP contribution in [0.25, 0.3) is 0 Å². The lowest BCUT2D eigenvalue weighted by molar-refractivity contribution is -0.148. The second-order valence-corrected chi connectivity index (χ2v) is 5.15. The Labute approximate surface area is 125 Å². The van der Waals surface area contributed by atoms with Gasteiger partial charge in [-0.1, -0.05) is 37.3 Å². The summed E-state index contributed by atoms with van der Waals surface area (Å²) < 4.78 is 0. The van der Waals surface area contributed by atoms with Crippen molar-refractivity contribution in [3.8, 4) is 0 Å². The molecule has 0 spiro atoms. The van der Waals surface area contributed by atoms with Gasteiger partial charge in [-0.15, -0.1) is 0 Å². The van der Waals surface area contributed by atoms with Crippen LogP contribution < -0.4 is 5.73 Å². The maximum Gasteiger partial charge on any atom is 0.326 e. The normalized spacial score (nSPS) is 16.9. The SMILES string of the molecule is CCC(C(=O)O)N1CCCC1=O.C[C@@H](N)c1ccccc1. The van der Waals surface area contributed by atoms with E-state index in [-0.39, 0.29) is 11.9 Å². The van der Waals surface area contributed by atoms with Gasteiger partial charge in [-0.3, -0.25) is 4.79 Å². The zero-order valence-corrected chi connectivity index (χ0v) is 12.7. The molecule has 0 aromatic heterocycles. The van der Waals surface area contributed by atoms with Crippen LogP contribution in [0, 0.1) is 0 Å². The third-order valence-electron chi connectivity index (χ3n) is 3.48. The fourth-order valence-electron chi connectivity index (χ4n) is 2.28. The number of rotatable bonds is 4. The quantitative estimate of drug-likeness (QED) is 0.891. The minimum Gasteiger partial charge on any atom is -0.480 e. The molecule has 2 atom stereocenters. The monoisotopic (exact) mass is 292 g/mol. The third-order valence-corrected chi connectivity index (χ3v) is 3.48. The maximum absolute atomic E-state index is 11.1. The zero-order valence-electron chi connectivity index (χ0n) is 12.7. The molecule has 21 heavy (non-hydrogen) atoms. The summed E-state index contributed by atoms with van der Waals surface area (Å²) >= 11 is 0. The average molecular weight is 292 g/mol. The smallest absolute Gasteiger partial charge is 0.326 e. The highest BCUT2D eigenvalue weighted by Gasteiger charge is 2.30. The van der Waals surface area contributed by atoms with Gasteiger partial charge >= 0.3 is 5.97 Å². The molecule has 5 heteroatoms. The number of aliphatic carboxylic acids is 1. The molecule has 2 rings (SSSR count). The van der Waals surface area contributed by atoms with Crippen molar-refractivity contribution in [2.45, 2.75) is 45.2 Å². The van der Waals surface area contributed by atoms with Gasteiger partial charge in [0.25, 0.3) is 0 Å². The molecule has 1 aromatic rings. The Morgan fingerprint density at radius 3 is 2.33 bits per heavy atom. The summed E-state index contributed by atoms with van der Waals surface area (Å²) in [5, 5.41) is 8.76. The van der Waals surface area contributed by atoms with Crippen LogP contribution in [0.3, 0.4) is 0 Å². The molecule has 0 bridgehead atoms. The number of nitrogens with two attached hydrogens (primary N) is 1. The van der Waals surface area contributed by atoms with E-state index in [2.05, 4.69) is 0 Å². The number of benzene rings is 1. The maximum atomic E-state index is 11.1. The van der Waals surface area contributed by atoms with Crippen molar-refractivity contribution in [1.29, 1.82) is 0 Å². The number of carbonyl (C=O) groups excluding carboxylic acids is 1. The molecule has 1 aliphatic rings. The van der Waals surface area contributed by atoms with Gasteiger partial charge in [-0.2, -0.15) is 0 Å². The molecule has 1 aliphatic heterocycles. The van der Waals surface area contributed by atoms with Crippen molar-refractivity contribution >= 4 is 11.9 Å². The van der Waals surface area contributed by atoms with Crippen LogP contribution in [-0.4, -0.2) is 34.5 Å². The van der Waals surface area contributed by atoms with E-state index in [0.717, 1.165) is 6.42 Å². The van der Waals surface area contributed by atoms with Gasteiger partial charge in [0, 0.05) is 19.0 Å². The van der Waals surface area contributed by atoms with E-state index < -0.39 is 12.0 Å². The first-order valence-electron chi connectivity index (χ1n) is 7.30. The standard InChI is InChI=1S/C8H13NO3.C8H11N/c1-2-6(8(11)12)9-5-3-4-7(9)10;1-7(9)8-5-3-2-4-6-8/h6H,2-5H2,1H3,(H,11,12);2-7H,9H2,1H3/t;7-/m.1/s1. The van der Waals surface area contributed by atoms with Crippen molar-refractivity contribution in [1.82, 2.24) is 4.90 Å². The van der Waals surface area contributed by atoms with Gasteiger partial charge in [-0.05, 0) is 25.3 Å². The van der Waals surface area contributed by atoms with Gasteiger partial charge in [0.15, 0.2) is 0 Å². The zero-order chi connectivity index (χ0) is 15.8. The topological polar surface area (TPSA) is 83.6 Å². The van der Waals surface area contributed by atoms with Gasteiger partial charge in [0.1, 0.15) is 6.04 Å². The predicted molar refractivity (Wildman–Crippen MR) is 81.7 cm³/mol. The highest BCUT2D eigenvalue weighted by molar-refractivity contribution is 5.84. The molecular formula is C16H24N2O3. The van der Waals surface area contributed by atoms with E-state index in [1.165, 1.54) is 10.5 Å². The van der Waals surface area contributed by atoms with Gasteiger partial charge in [0.05, 0.1) is 0 Å². The fourth-order valence-corrected chi connectivity index (χ4v) is 2.28. The lowest BCUT2D eigenvalue weighted by atomic mass is 10.1. The molecule has 1 amide bonds. The molecule has 116 valence electrons. The molecule has 1 unspecified atom stereocenters. The predicted octanol–water partition coefficient (Wildman–Crippen LogP) is 2.18. The largest absolute Gasteiger partial charge is 0.480 e. The molecule has 1 saturated heterocycles. The van der Waals surface area contributed by atoms with Crippen molar-refractivity contribution in [3.63, 3.8) is 0 Å². The molecule has 0 aliphatic carbocycles. The molecule has 1 fully saturated rings. The van der Waals surface area contributed by atoms with E-state index in [4.69, 9.17) is 10.8 Å². The summed E-state index contributed by atoms with van der Waals surface area (Å²) in [5.74, 6) is -0.919. The molecule has 0 radical (unpaired) electrons. The average Bonchev–Trinajstić information content (AvgIpc) is 2.87. The highest BCUT2D eigenvalue weighted by Crippen LogP contribution is 2.15. The molecule has 1 heterocycles. The Balaban J connectivity index is 0.000000219. The Morgan fingerprint density at radius 1 is 1.38 bits per heavy atom. The van der Waals surface area contributed by atoms with Crippen molar-refractivity contribution in [2.75, 3.05) is 6.54 Å². The number of amides is 1. The number of hydrogen-bond acceptors (Lipinski definition) is 3. The summed E-state index contributed by atoms with van der Waals surface area (Å²) in [6.07, 6.45) is 1.79. The Morgan fingerprint density at radius 2 is 2.00 bits per heavy atom. The number of carbonyl (C=O) groups is 2. The van der Waals surface area contributed by atoms with Crippen molar-refractivity contribution in [3.05, 3.63) is 35.9 Å². The minimum absolute atomic E-state index is 0.0238. The van der Waals surface area contributed by atoms with Crippen LogP contribution >= 0.6 is 0 Å². The minimum atomic E-state index is -0.896. The summed E-state index contributed by atoms with van der Waals surface area (Å²) in [5.41, 5.74) is 6.81. The molecule has 0 saturated carbocycles. The highest BCUT2D eigenvalue weighted by atomic mass is 16.4. The molecule has 1 aromatic carbocycles. The van der Waals surface area contributed by atoms with E-state index in [1.807, 2.05) is 37.3 Å². The van der Waals surface area contributed by atoms with Crippen molar-refractivity contribution in [2.24, 2.45) is 5.73 Å². The van der Waals surface area contributed by atoms with Crippen LogP contribution in [0.1, 0.15) is 44.7 Å². The Bertz CT molecular complexity index is 460. The van der Waals surface area contributed by atoms with Crippen LogP contribution in [0.15, 0.2) is 30.3 Å². The summed E-state index contributed by atoms with van der Waals surface area (Å²) in [7, 11) is 0. The van der Waals surface area contributed by atoms with Gasteiger partial charge in [-0.25, -0.2) is 4.79 Å². The third kappa shape index (κ3) is 5.19. The number of nitrogens with zero attached hydrogens (tertiary/aromatic N) is 1. The summed E-state index contributed by atoms with van der Waals surface area (Å²) in [4.78, 5) is 23.3.